The van der Waals surface area contributed by atoms with Gasteiger partial charge in [-0.15, -0.1) is 0 Å². The lowest BCUT2D eigenvalue weighted by molar-refractivity contribution is 0.0955. The number of hydrazone groups is 1. The molecule has 0 aliphatic rings. The zero-order valence-electron chi connectivity index (χ0n) is 18.1. The molecule has 0 aromatic carbocycles. The topological polar surface area (TPSA) is 216 Å². The highest BCUT2D eigenvalue weighted by atomic mass is 32.2. The minimum Gasteiger partial charge on any atom is -0.505 e. The predicted octanol–water partition coefficient (Wildman–Crippen LogP) is 0.535. The Hall–Kier alpha value is -2.98. The molecule has 0 bridgehead atoms. The normalized spacial score (nSPS) is 11.1. The maximum absolute atomic E-state index is 11.8. The number of aliphatic hydroxyl groups excluding tert-OH is 1. The molecule has 0 atom stereocenters. The third kappa shape index (κ3) is 13.2. The molecule has 0 saturated carbocycles. The van der Waals surface area contributed by atoms with Gasteiger partial charge in [-0.2, -0.15) is 21.9 Å². The summed E-state index contributed by atoms with van der Waals surface area (Å²) in [6.07, 6.45) is 5.72. The number of aromatic hydroxyl groups is 1. The Morgan fingerprint density at radius 1 is 1.09 bits per heavy atom. The molecule has 184 valence electrons. The lowest BCUT2D eigenvalue weighted by Gasteiger charge is -2.07. The minimum absolute atomic E-state index is 0.0801. The summed E-state index contributed by atoms with van der Waals surface area (Å²) in [5.41, 5.74) is 3.90. The standard InChI is InChI=1S/C14H14N4O3.2C2H6O3S/c1-9-13(20)12(11(8-19)6-16-9)7-17-18-14(21)10-2-4-15-5-3-10;2*1-2-6(3,4)5/h2-7,19-20H,8H2,1H3,(H,18,21);2*2H2,1H3,(H,3,4,5). The largest absolute Gasteiger partial charge is 0.505 e. The van der Waals surface area contributed by atoms with Crippen molar-refractivity contribution in [3.05, 3.63) is 53.1 Å². The molecule has 2 aromatic heterocycles. The van der Waals surface area contributed by atoms with Gasteiger partial charge in [0.15, 0.2) is 0 Å². The van der Waals surface area contributed by atoms with E-state index < -0.39 is 26.1 Å². The number of nitrogens with one attached hydrogen (secondary N) is 1. The Morgan fingerprint density at radius 3 is 2.00 bits per heavy atom. The number of hydrogen-bond acceptors (Lipinski definition) is 10. The number of aryl methyl sites for hydroxylation is 1. The van der Waals surface area contributed by atoms with Crippen molar-refractivity contribution in [2.75, 3.05) is 11.5 Å². The van der Waals surface area contributed by atoms with Gasteiger partial charge in [0.2, 0.25) is 0 Å². The summed E-state index contributed by atoms with van der Waals surface area (Å²) in [5.74, 6) is -0.882. The predicted molar refractivity (Wildman–Crippen MR) is 120 cm³/mol. The molecular formula is C18H26N4O9S2. The number of aliphatic hydroxyl groups is 1. The molecule has 5 N–H and O–H groups in total. The maximum Gasteiger partial charge on any atom is 0.271 e. The quantitative estimate of drug-likeness (QED) is 0.207. The van der Waals surface area contributed by atoms with Gasteiger partial charge < -0.3 is 10.2 Å². The molecule has 0 unspecified atom stereocenters. The van der Waals surface area contributed by atoms with E-state index in [4.69, 9.17) is 9.11 Å². The first-order chi connectivity index (χ1) is 15.3. The summed E-state index contributed by atoms with van der Waals surface area (Å²) in [6.45, 7) is 4.08. The summed E-state index contributed by atoms with van der Waals surface area (Å²) in [5, 5.41) is 22.9. The van der Waals surface area contributed by atoms with Crippen LogP contribution in [0.1, 0.15) is 41.0 Å². The summed E-state index contributed by atoms with van der Waals surface area (Å²) >= 11 is 0. The summed E-state index contributed by atoms with van der Waals surface area (Å²) < 4.78 is 53.8. The highest BCUT2D eigenvalue weighted by Crippen LogP contribution is 2.21. The zero-order chi connectivity index (χ0) is 25.7. The van der Waals surface area contributed by atoms with Gasteiger partial charge in [0.05, 0.1) is 30.0 Å². The molecule has 2 heterocycles. The third-order valence-corrected chi connectivity index (χ3v) is 5.02. The van der Waals surface area contributed by atoms with Gasteiger partial charge in [0, 0.05) is 35.3 Å². The molecular weight excluding hydrogens is 480 g/mol. The van der Waals surface area contributed by atoms with Crippen molar-refractivity contribution >= 4 is 32.4 Å². The number of pyridine rings is 2. The average molecular weight is 507 g/mol. The first kappa shape index (κ1) is 30.0. The maximum atomic E-state index is 11.8. The van der Waals surface area contributed by atoms with Crippen LogP contribution in [0.3, 0.4) is 0 Å². The van der Waals surface area contributed by atoms with Crippen LogP contribution in [0.2, 0.25) is 0 Å². The molecule has 0 fully saturated rings. The fourth-order valence-corrected chi connectivity index (χ4v) is 1.65. The van der Waals surface area contributed by atoms with E-state index in [2.05, 4.69) is 20.5 Å². The van der Waals surface area contributed by atoms with Crippen molar-refractivity contribution in [1.82, 2.24) is 15.4 Å². The van der Waals surface area contributed by atoms with Gasteiger partial charge >= 0.3 is 0 Å². The second kappa shape index (κ2) is 14.2. The SMILES string of the molecule is CCS(=O)(=O)O.CCS(=O)(=O)O.Cc1ncc(CO)c(C=NNC(=O)c2ccncc2)c1O. The zero-order valence-corrected chi connectivity index (χ0v) is 19.7. The van der Waals surface area contributed by atoms with Gasteiger partial charge in [0.1, 0.15) is 5.75 Å². The first-order valence-corrected chi connectivity index (χ1v) is 12.4. The summed E-state index contributed by atoms with van der Waals surface area (Å²) in [4.78, 5) is 19.5. The van der Waals surface area contributed by atoms with Crippen LogP contribution in [0.4, 0.5) is 0 Å². The van der Waals surface area contributed by atoms with Crippen LogP contribution in [0, 0.1) is 6.92 Å². The molecule has 1 amide bonds. The molecule has 2 aromatic rings. The monoisotopic (exact) mass is 506 g/mol. The second-order valence-electron chi connectivity index (χ2n) is 5.97. The molecule has 0 aliphatic heterocycles. The molecule has 13 nitrogen and oxygen atoms in total. The Bertz CT molecular complexity index is 1110. The summed E-state index contributed by atoms with van der Waals surface area (Å²) in [6, 6.07) is 3.11. The molecule has 0 spiro atoms. The minimum atomic E-state index is -3.66. The van der Waals surface area contributed by atoms with E-state index in [-0.39, 0.29) is 23.9 Å². The van der Waals surface area contributed by atoms with Crippen molar-refractivity contribution in [1.29, 1.82) is 0 Å². The highest BCUT2D eigenvalue weighted by Gasteiger charge is 2.09. The van der Waals surface area contributed by atoms with E-state index in [1.54, 1.807) is 19.1 Å². The van der Waals surface area contributed by atoms with Crippen molar-refractivity contribution in [3.63, 3.8) is 0 Å². The molecule has 15 heteroatoms. The molecule has 0 radical (unpaired) electrons. The molecule has 0 saturated heterocycles. The Kier molecular flexibility index (Phi) is 12.9. The van der Waals surface area contributed by atoms with Crippen LogP contribution in [0.15, 0.2) is 35.8 Å². The van der Waals surface area contributed by atoms with Crippen LogP contribution in [0.5, 0.6) is 5.75 Å². The van der Waals surface area contributed by atoms with Crippen molar-refractivity contribution in [3.8, 4) is 5.75 Å². The average Bonchev–Trinajstić information content (AvgIpc) is 2.77. The van der Waals surface area contributed by atoms with Gasteiger partial charge in [-0.05, 0) is 32.9 Å². The van der Waals surface area contributed by atoms with E-state index >= 15 is 0 Å². The molecule has 0 aliphatic carbocycles. The fourth-order valence-electron chi connectivity index (χ4n) is 1.65. The van der Waals surface area contributed by atoms with Gasteiger partial charge in [-0.25, -0.2) is 5.43 Å². The van der Waals surface area contributed by atoms with Crippen LogP contribution in [-0.4, -0.2) is 69.7 Å². The van der Waals surface area contributed by atoms with E-state index in [0.29, 0.717) is 22.4 Å². The van der Waals surface area contributed by atoms with E-state index in [1.165, 1.54) is 38.7 Å². The molecule has 33 heavy (non-hydrogen) atoms. The first-order valence-electron chi connectivity index (χ1n) is 9.17. The lowest BCUT2D eigenvalue weighted by Crippen LogP contribution is -2.17. The van der Waals surface area contributed by atoms with Crippen molar-refractivity contribution < 1.29 is 40.9 Å². The lowest BCUT2D eigenvalue weighted by atomic mass is 10.1. The van der Waals surface area contributed by atoms with Gasteiger partial charge in [-0.3, -0.25) is 23.9 Å². The van der Waals surface area contributed by atoms with Gasteiger partial charge in [-0.1, -0.05) is 0 Å². The fraction of sp³-hybridized carbons (Fsp3) is 0.333. The van der Waals surface area contributed by atoms with Crippen LogP contribution >= 0.6 is 0 Å². The summed E-state index contributed by atoms with van der Waals surface area (Å²) in [7, 11) is -7.32. The van der Waals surface area contributed by atoms with Gasteiger partial charge in [0.25, 0.3) is 26.1 Å². The van der Waals surface area contributed by atoms with Crippen molar-refractivity contribution in [2.45, 2.75) is 27.4 Å². The van der Waals surface area contributed by atoms with E-state index in [0.717, 1.165) is 0 Å². The second-order valence-corrected chi connectivity index (χ2v) is 9.45. The van der Waals surface area contributed by atoms with Crippen molar-refractivity contribution in [2.24, 2.45) is 5.10 Å². The Labute approximate surface area is 191 Å². The van der Waals surface area contributed by atoms with Crippen LogP contribution in [0.25, 0.3) is 0 Å². The molecule has 2 rings (SSSR count). The third-order valence-electron chi connectivity index (χ3n) is 3.56. The number of carbonyl (C=O) groups excluding carboxylic acids is 1. The Balaban J connectivity index is 0.000000705. The number of carbonyl (C=O) groups is 1. The van der Waals surface area contributed by atoms with Crippen LogP contribution < -0.4 is 5.43 Å². The number of hydrogen-bond donors (Lipinski definition) is 5. The van der Waals surface area contributed by atoms with Crippen LogP contribution in [-0.2, 0) is 26.8 Å². The van der Waals surface area contributed by atoms with E-state index in [1.807, 2.05) is 0 Å². The number of aromatic nitrogens is 2. The number of nitrogens with zero attached hydrogens (tertiary/aromatic N) is 3. The smallest absolute Gasteiger partial charge is 0.271 e. The number of amides is 1. The highest BCUT2D eigenvalue weighted by molar-refractivity contribution is 7.85. The number of rotatable bonds is 6. The Morgan fingerprint density at radius 2 is 1.58 bits per heavy atom. The van der Waals surface area contributed by atoms with E-state index in [9.17, 15) is 31.8 Å².